The lowest BCUT2D eigenvalue weighted by atomic mass is 9.86. The molecular weight excluding hydrogens is 367 g/mol. The second-order valence-electron chi connectivity index (χ2n) is 8.66. The molecule has 1 N–H and O–H groups in total. The van der Waals surface area contributed by atoms with Crippen molar-refractivity contribution in [2.75, 3.05) is 6.54 Å². The third kappa shape index (κ3) is 5.03. The molecule has 154 valence electrons. The smallest absolute Gasteiger partial charge is 0.257 e. The van der Waals surface area contributed by atoms with Gasteiger partial charge in [-0.15, -0.1) is 0 Å². The molecule has 1 atom stereocenters. The standard InChI is InChI=1S/C24H29FN2O2/c1-24(2,3)18-13-11-17(12-14-18)16-27(21-10-6-7-15-26-22(21)28)23(29)19-8-4-5-9-20(19)25/h4-5,8-9,11-14,21H,6-7,10,15-16H2,1-3H3,(H,26,28). The highest BCUT2D eigenvalue weighted by atomic mass is 19.1. The minimum Gasteiger partial charge on any atom is -0.354 e. The van der Waals surface area contributed by atoms with Gasteiger partial charge in [0.1, 0.15) is 11.9 Å². The molecule has 2 amide bonds. The maximum Gasteiger partial charge on any atom is 0.257 e. The first-order chi connectivity index (χ1) is 13.8. The van der Waals surface area contributed by atoms with Gasteiger partial charge < -0.3 is 10.2 Å². The second kappa shape index (κ2) is 8.76. The molecule has 1 fully saturated rings. The van der Waals surface area contributed by atoms with Gasteiger partial charge in [0.15, 0.2) is 0 Å². The summed E-state index contributed by atoms with van der Waals surface area (Å²) in [5.41, 5.74) is 2.14. The Labute approximate surface area is 172 Å². The van der Waals surface area contributed by atoms with Crippen LogP contribution in [-0.2, 0) is 16.8 Å². The van der Waals surface area contributed by atoms with E-state index in [1.54, 1.807) is 12.1 Å². The van der Waals surface area contributed by atoms with Gasteiger partial charge >= 0.3 is 0 Å². The Morgan fingerprint density at radius 2 is 1.79 bits per heavy atom. The van der Waals surface area contributed by atoms with Crippen molar-refractivity contribution in [1.82, 2.24) is 10.2 Å². The number of halogens is 1. The molecule has 0 spiro atoms. The molecule has 3 rings (SSSR count). The van der Waals surface area contributed by atoms with Gasteiger partial charge in [-0.1, -0.05) is 57.2 Å². The molecule has 2 aromatic carbocycles. The summed E-state index contributed by atoms with van der Waals surface area (Å²) in [7, 11) is 0. The number of carbonyl (C=O) groups is 2. The molecular formula is C24H29FN2O2. The monoisotopic (exact) mass is 396 g/mol. The van der Waals surface area contributed by atoms with E-state index in [1.807, 2.05) is 24.3 Å². The van der Waals surface area contributed by atoms with E-state index in [0.717, 1.165) is 18.4 Å². The Bertz CT molecular complexity index is 871. The second-order valence-corrected chi connectivity index (χ2v) is 8.66. The van der Waals surface area contributed by atoms with Crippen LogP contribution in [0.15, 0.2) is 48.5 Å². The predicted molar refractivity (Wildman–Crippen MR) is 112 cm³/mol. The van der Waals surface area contributed by atoms with Crippen LogP contribution in [0.3, 0.4) is 0 Å². The maximum absolute atomic E-state index is 14.3. The molecule has 4 nitrogen and oxygen atoms in total. The SMILES string of the molecule is CC(C)(C)c1ccc(CN(C(=O)c2ccccc2F)C2CCCCNC2=O)cc1. The third-order valence-electron chi connectivity index (χ3n) is 5.42. The topological polar surface area (TPSA) is 49.4 Å². The lowest BCUT2D eigenvalue weighted by Gasteiger charge is -2.30. The molecule has 1 unspecified atom stereocenters. The van der Waals surface area contributed by atoms with E-state index in [1.165, 1.54) is 22.6 Å². The molecule has 1 heterocycles. The van der Waals surface area contributed by atoms with Crippen LogP contribution in [0.1, 0.15) is 61.5 Å². The van der Waals surface area contributed by atoms with Gasteiger partial charge in [-0.25, -0.2) is 4.39 Å². The van der Waals surface area contributed by atoms with Gasteiger partial charge in [-0.2, -0.15) is 0 Å². The van der Waals surface area contributed by atoms with Crippen LogP contribution in [0.2, 0.25) is 0 Å². The van der Waals surface area contributed by atoms with Crippen LogP contribution in [0.25, 0.3) is 0 Å². The molecule has 0 aliphatic carbocycles. The summed E-state index contributed by atoms with van der Waals surface area (Å²) < 4.78 is 14.3. The fraction of sp³-hybridized carbons (Fsp3) is 0.417. The molecule has 0 bridgehead atoms. The van der Waals surface area contributed by atoms with Crippen molar-refractivity contribution < 1.29 is 14.0 Å². The van der Waals surface area contributed by atoms with Crippen molar-refractivity contribution in [2.24, 2.45) is 0 Å². The van der Waals surface area contributed by atoms with Crippen LogP contribution in [0, 0.1) is 5.82 Å². The quantitative estimate of drug-likeness (QED) is 0.831. The Morgan fingerprint density at radius 3 is 2.45 bits per heavy atom. The van der Waals surface area contributed by atoms with Crippen molar-refractivity contribution in [3.63, 3.8) is 0 Å². The molecule has 0 radical (unpaired) electrons. The Balaban J connectivity index is 1.93. The van der Waals surface area contributed by atoms with E-state index >= 15 is 0 Å². The number of nitrogens with one attached hydrogen (secondary N) is 1. The van der Waals surface area contributed by atoms with Gasteiger partial charge in [0.25, 0.3) is 5.91 Å². The van der Waals surface area contributed by atoms with Crippen molar-refractivity contribution in [1.29, 1.82) is 0 Å². The van der Waals surface area contributed by atoms with Gasteiger partial charge in [0, 0.05) is 13.1 Å². The third-order valence-corrected chi connectivity index (χ3v) is 5.42. The molecule has 1 saturated heterocycles. The number of hydrogen-bond donors (Lipinski definition) is 1. The van der Waals surface area contributed by atoms with E-state index in [2.05, 4.69) is 26.1 Å². The normalized spacial score (nSPS) is 17.4. The first kappa shape index (κ1) is 21.0. The summed E-state index contributed by atoms with van der Waals surface area (Å²) in [5, 5.41) is 2.88. The van der Waals surface area contributed by atoms with Gasteiger partial charge in [0.2, 0.25) is 5.91 Å². The molecule has 2 aromatic rings. The zero-order chi connectivity index (χ0) is 21.0. The summed E-state index contributed by atoms with van der Waals surface area (Å²) in [4.78, 5) is 27.4. The molecule has 1 aliphatic rings. The van der Waals surface area contributed by atoms with E-state index in [9.17, 15) is 14.0 Å². The summed E-state index contributed by atoms with van der Waals surface area (Å²) in [6.07, 6.45) is 2.30. The number of carbonyl (C=O) groups excluding carboxylic acids is 2. The van der Waals surface area contributed by atoms with Crippen molar-refractivity contribution in [3.8, 4) is 0 Å². The number of amides is 2. The van der Waals surface area contributed by atoms with Crippen LogP contribution in [0.5, 0.6) is 0 Å². The van der Waals surface area contributed by atoms with Crippen molar-refractivity contribution >= 4 is 11.8 Å². The summed E-state index contributed by atoms with van der Waals surface area (Å²) in [6.45, 7) is 7.30. The first-order valence-corrected chi connectivity index (χ1v) is 10.2. The molecule has 1 aliphatic heterocycles. The van der Waals surface area contributed by atoms with Crippen LogP contribution < -0.4 is 5.32 Å². The molecule has 0 saturated carbocycles. The van der Waals surface area contributed by atoms with E-state index < -0.39 is 17.8 Å². The average Bonchev–Trinajstić information content (AvgIpc) is 2.90. The summed E-state index contributed by atoms with van der Waals surface area (Å²) in [6, 6.07) is 13.4. The predicted octanol–water partition coefficient (Wildman–Crippen LogP) is 4.43. The lowest BCUT2D eigenvalue weighted by Crippen LogP contribution is -2.48. The maximum atomic E-state index is 14.3. The van der Waals surface area contributed by atoms with Gasteiger partial charge in [0.05, 0.1) is 5.56 Å². The molecule has 5 heteroatoms. The highest BCUT2D eigenvalue weighted by Crippen LogP contribution is 2.24. The zero-order valence-electron chi connectivity index (χ0n) is 17.4. The van der Waals surface area contributed by atoms with Gasteiger partial charge in [-0.3, -0.25) is 9.59 Å². The van der Waals surface area contributed by atoms with Crippen LogP contribution in [0.4, 0.5) is 4.39 Å². The minimum absolute atomic E-state index is 0.00383. The number of rotatable bonds is 4. The van der Waals surface area contributed by atoms with Crippen LogP contribution in [-0.4, -0.2) is 29.3 Å². The fourth-order valence-corrected chi connectivity index (χ4v) is 3.64. The fourth-order valence-electron chi connectivity index (χ4n) is 3.64. The number of hydrogen-bond acceptors (Lipinski definition) is 2. The Kier molecular flexibility index (Phi) is 6.36. The van der Waals surface area contributed by atoms with E-state index in [-0.39, 0.29) is 23.4 Å². The van der Waals surface area contributed by atoms with E-state index in [0.29, 0.717) is 13.0 Å². The highest BCUT2D eigenvalue weighted by Gasteiger charge is 2.32. The number of nitrogens with zero attached hydrogens (tertiary/aromatic N) is 1. The van der Waals surface area contributed by atoms with Crippen LogP contribution >= 0.6 is 0 Å². The first-order valence-electron chi connectivity index (χ1n) is 10.2. The van der Waals surface area contributed by atoms with Crippen molar-refractivity contribution in [3.05, 3.63) is 71.0 Å². The Hall–Kier alpha value is -2.69. The number of benzene rings is 2. The Morgan fingerprint density at radius 1 is 1.10 bits per heavy atom. The summed E-state index contributed by atoms with van der Waals surface area (Å²) in [5.74, 6) is -1.19. The highest BCUT2D eigenvalue weighted by molar-refractivity contribution is 5.97. The molecule has 29 heavy (non-hydrogen) atoms. The minimum atomic E-state index is -0.605. The average molecular weight is 397 g/mol. The lowest BCUT2D eigenvalue weighted by molar-refractivity contribution is -0.125. The van der Waals surface area contributed by atoms with E-state index in [4.69, 9.17) is 0 Å². The van der Waals surface area contributed by atoms with Gasteiger partial charge in [-0.05, 0) is 47.9 Å². The van der Waals surface area contributed by atoms with Crippen molar-refractivity contribution in [2.45, 2.75) is 58.0 Å². The zero-order valence-corrected chi connectivity index (χ0v) is 17.4. The summed E-state index contributed by atoms with van der Waals surface area (Å²) >= 11 is 0. The largest absolute Gasteiger partial charge is 0.354 e. The molecule has 0 aromatic heterocycles.